The van der Waals surface area contributed by atoms with E-state index in [4.69, 9.17) is 0 Å². The Morgan fingerprint density at radius 2 is 1.83 bits per heavy atom. The second kappa shape index (κ2) is 8.05. The molecule has 0 saturated carbocycles. The third kappa shape index (κ3) is 4.32. The van der Waals surface area contributed by atoms with Gasteiger partial charge in [0.1, 0.15) is 5.82 Å². The Labute approximate surface area is 172 Å². The second-order valence-corrected chi connectivity index (χ2v) is 9.88. The maximum absolute atomic E-state index is 13.5. The summed E-state index contributed by atoms with van der Waals surface area (Å²) in [5, 5.41) is 0. The lowest BCUT2D eigenvalue weighted by Crippen LogP contribution is -2.45. The van der Waals surface area contributed by atoms with Gasteiger partial charge in [0.15, 0.2) is 0 Å². The highest BCUT2D eigenvalue weighted by Crippen LogP contribution is 2.34. The van der Waals surface area contributed by atoms with Crippen molar-refractivity contribution in [3.63, 3.8) is 0 Å². The summed E-state index contributed by atoms with van der Waals surface area (Å²) in [6.45, 7) is 6.14. The molecule has 0 radical (unpaired) electrons. The first-order valence-corrected chi connectivity index (χ1v) is 11.6. The predicted molar refractivity (Wildman–Crippen MR) is 113 cm³/mol. The Kier molecular flexibility index (Phi) is 5.64. The van der Waals surface area contributed by atoms with E-state index in [1.54, 1.807) is 0 Å². The summed E-state index contributed by atoms with van der Waals surface area (Å²) >= 11 is 0. The molecule has 1 saturated heterocycles. The number of hydrogen-bond donors (Lipinski definition) is 1. The average molecular weight is 418 g/mol. The molecule has 2 aromatic rings. The number of nitrogens with zero attached hydrogens (tertiary/aromatic N) is 2. The van der Waals surface area contributed by atoms with Crippen LogP contribution in [0.3, 0.4) is 0 Å². The molecular formula is C22H28FN3O2S. The lowest BCUT2D eigenvalue weighted by molar-refractivity contribution is 0.312. The fourth-order valence-corrected chi connectivity index (χ4v) is 5.71. The first-order valence-electron chi connectivity index (χ1n) is 10.2. The zero-order valence-corrected chi connectivity index (χ0v) is 17.8. The Morgan fingerprint density at radius 1 is 1.07 bits per heavy atom. The van der Waals surface area contributed by atoms with E-state index < -0.39 is 15.8 Å². The lowest BCUT2D eigenvalue weighted by Gasteiger charge is -2.37. The van der Waals surface area contributed by atoms with Crippen molar-refractivity contribution in [2.24, 2.45) is 0 Å². The Bertz CT molecular complexity index is 1000. The molecule has 0 unspecified atom stereocenters. The van der Waals surface area contributed by atoms with Gasteiger partial charge in [0.2, 0.25) is 10.0 Å². The summed E-state index contributed by atoms with van der Waals surface area (Å²) in [6, 6.07) is 9.35. The molecule has 1 atom stereocenters. The van der Waals surface area contributed by atoms with Crippen LogP contribution in [0.1, 0.15) is 23.1 Å². The second-order valence-electron chi connectivity index (χ2n) is 8.17. The average Bonchev–Trinajstić information content (AvgIpc) is 2.69. The minimum Gasteiger partial charge on any atom is -0.369 e. The van der Waals surface area contributed by atoms with Crippen LogP contribution in [-0.4, -0.2) is 52.6 Å². The fourth-order valence-electron chi connectivity index (χ4n) is 4.41. The number of anilines is 1. The van der Waals surface area contributed by atoms with Gasteiger partial charge in [0.25, 0.3) is 0 Å². The highest BCUT2D eigenvalue weighted by Gasteiger charge is 2.28. The van der Waals surface area contributed by atoms with Gasteiger partial charge in [-0.1, -0.05) is 12.1 Å². The summed E-state index contributed by atoms with van der Waals surface area (Å²) in [6.07, 6.45) is 2.25. The van der Waals surface area contributed by atoms with Crippen molar-refractivity contribution in [2.75, 3.05) is 38.1 Å². The molecule has 1 fully saturated rings. The molecule has 2 aromatic carbocycles. The number of benzene rings is 2. The number of likely N-dealkylation sites (N-methyl/N-ethyl adjacent to an activating group) is 1. The smallest absolute Gasteiger partial charge is 0.240 e. The number of aryl methyl sites for hydroxylation is 1. The van der Waals surface area contributed by atoms with Crippen LogP contribution in [0.2, 0.25) is 0 Å². The van der Waals surface area contributed by atoms with Gasteiger partial charge in [0, 0.05) is 37.9 Å². The number of rotatable bonds is 4. The van der Waals surface area contributed by atoms with E-state index in [2.05, 4.69) is 40.6 Å². The molecule has 0 bridgehead atoms. The normalized spacial score (nSPS) is 20.5. The molecule has 0 amide bonds. The van der Waals surface area contributed by atoms with Gasteiger partial charge in [-0.05, 0) is 74.2 Å². The van der Waals surface area contributed by atoms with Crippen molar-refractivity contribution in [1.29, 1.82) is 0 Å². The quantitative estimate of drug-likeness (QED) is 0.831. The first-order chi connectivity index (χ1) is 13.8. The molecule has 156 valence electrons. The molecule has 4 rings (SSSR count). The van der Waals surface area contributed by atoms with Crippen molar-refractivity contribution in [1.82, 2.24) is 9.62 Å². The van der Waals surface area contributed by atoms with Gasteiger partial charge in [-0.3, -0.25) is 0 Å². The molecular weight excluding hydrogens is 389 g/mol. The molecule has 5 nitrogen and oxygen atoms in total. The highest BCUT2D eigenvalue weighted by atomic mass is 32.2. The van der Waals surface area contributed by atoms with Gasteiger partial charge in [-0.2, -0.15) is 0 Å². The van der Waals surface area contributed by atoms with Gasteiger partial charge in [-0.15, -0.1) is 0 Å². The third-order valence-electron chi connectivity index (χ3n) is 6.11. The largest absolute Gasteiger partial charge is 0.369 e. The summed E-state index contributed by atoms with van der Waals surface area (Å²) in [5.74, 6) is -0.546. The molecule has 29 heavy (non-hydrogen) atoms. The maximum Gasteiger partial charge on any atom is 0.240 e. The zero-order valence-electron chi connectivity index (χ0n) is 17.0. The minimum atomic E-state index is -3.75. The van der Waals surface area contributed by atoms with E-state index in [1.165, 1.54) is 40.6 Å². The number of nitrogens with one attached hydrogen (secondary N) is 1. The summed E-state index contributed by atoms with van der Waals surface area (Å²) in [4.78, 5) is 4.72. The fraction of sp³-hybridized carbons (Fsp3) is 0.455. The summed E-state index contributed by atoms with van der Waals surface area (Å²) < 4.78 is 41.8. The Balaban J connectivity index is 1.58. The number of piperazine rings is 1. The number of fused-ring (bicyclic) bond motifs is 1. The third-order valence-corrected chi connectivity index (χ3v) is 7.62. The predicted octanol–water partition coefficient (Wildman–Crippen LogP) is 2.72. The molecule has 1 aliphatic heterocycles. The first kappa shape index (κ1) is 20.3. The molecule has 1 aliphatic carbocycles. The molecule has 0 spiro atoms. The van der Waals surface area contributed by atoms with Crippen LogP contribution in [-0.2, 0) is 22.9 Å². The molecule has 0 aromatic heterocycles. The van der Waals surface area contributed by atoms with Gasteiger partial charge < -0.3 is 9.80 Å². The maximum atomic E-state index is 13.5. The van der Waals surface area contributed by atoms with E-state index in [0.29, 0.717) is 6.42 Å². The monoisotopic (exact) mass is 417 g/mol. The topological polar surface area (TPSA) is 52.6 Å². The Morgan fingerprint density at radius 3 is 2.55 bits per heavy atom. The van der Waals surface area contributed by atoms with Crippen molar-refractivity contribution in [2.45, 2.75) is 37.1 Å². The molecule has 7 heteroatoms. The highest BCUT2D eigenvalue weighted by molar-refractivity contribution is 7.89. The molecule has 1 N–H and O–H groups in total. The van der Waals surface area contributed by atoms with Crippen LogP contribution in [0.25, 0.3) is 0 Å². The van der Waals surface area contributed by atoms with Crippen molar-refractivity contribution >= 4 is 15.7 Å². The number of hydrogen-bond acceptors (Lipinski definition) is 4. The van der Waals surface area contributed by atoms with E-state index in [1.807, 2.05) is 0 Å². The van der Waals surface area contributed by atoms with Gasteiger partial charge in [-0.25, -0.2) is 17.5 Å². The lowest BCUT2D eigenvalue weighted by atomic mass is 9.84. The zero-order chi connectivity index (χ0) is 20.6. The number of halogens is 1. The van der Waals surface area contributed by atoms with E-state index in [0.717, 1.165) is 45.1 Å². The van der Waals surface area contributed by atoms with Crippen LogP contribution >= 0.6 is 0 Å². The van der Waals surface area contributed by atoms with Crippen LogP contribution < -0.4 is 9.62 Å². The van der Waals surface area contributed by atoms with Crippen LogP contribution in [0.15, 0.2) is 41.3 Å². The van der Waals surface area contributed by atoms with Gasteiger partial charge in [0.05, 0.1) is 4.90 Å². The van der Waals surface area contributed by atoms with E-state index in [9.17, 15) is 12.8 Å². The standard InChI is InChI=1S/C22H28FN3O2S/c1-16-6-9-22(26-12-10-25(2)11-13-26)21-15-18(7-8-20(16)21)24-29(27,28)19-5-3-4-17(23)14-19/h3-6,9,14,18,24H,7-8,10-13,15H2,1-2H3/t18-/m1/s1. The SMILES string of the molecule is Cc1ccc(N2CCN(C)CC2)c2c1CC[C@@H](NS(=O)(=O)c1cccc(F)c1)C2. The van der Waals surface area contributed by atoms with Gasteiger partial charge >= 0.3 is 0 Å². The molecule has 2 aliphatic rings. The minimum absolute atomic E-state index is 0.0215. The summed E-state index contributed by atoms with van der Waals surface area (Å²) in [7, 11) is -1.61. The Hall–Kier alpha value is -1.96. The van der Waals surface area contributed by atoms with Crippen LogP contribution in [0.4, 0.5) is 10.1 Å². The van der Waals surface area contributed by atoms with E-state index >= 15 is 0 Å². The van der Waals surface area contributed by atoms with Crippen LogP contribution in [0.5, 0.6) is 0 Å². The molecule has 1 heterocycles. The van der Waals surface area contributed by atoms with Crippen molar-refractivity contribution in [3.05, 3.63) is 58.9 Å². The van der Waals surface area contributed by atoms with E-state index in [-0.39, 0.29) is 10.9 Å². The number of sulfonamides is 1. The van der Waals surface area contributed by atoms with Crippen molar-refractivity contribution in [3.8, 4) is 0 Å². The summed E-state index contributed by atoms with van der Waals surface area (Å²) in [5.41, 5.74) is 5.10. The van der Waals surface area contributed by atoms with Crippen molar-refractivity contribution < 1.29 is 12.8 Å². The van der Waals surface area contributed by atoms with Crippen LogP contribution in [0, 0.1) is 12.7 Å².